The molecule has 0 aromatic carbocycles. The van der Waals surface area contributed by atoms with Gasteiger partial charge in [0, 0.05) is 27.8 Å². The lowest BCUT2D eigenvalue weighted by Gasteiger charge is -2.11. The van der Waals surface area contributed by atoms with Gasteiger partial charge < -0.3 is 5.32 Å². The van der Waals surface area contributed by atoms with E-state index in [1.54, 1.807) is 0 Å². The van der Waals surface area contributed by atoms with E-state index in [9.17, 15) is 4.21 Å². The van der Waals surface area contributed by atoms with Gasteiger partial charge in [-0.05, 0) is 32.2 Å². The van der Waals surface area contributed by atoms with E-state index in [0.717, 1.165) is 31.6 Å². The van der Waals surface area contributed by atoms with Gasteiger partial charge in [-0.25, -0.2) is 0 Å². The van der Waals surface area contributed by atoms with Crippen LogP contribution >= 0.6 is 0 Å². The van der Waals surface area contributed by atoms with Crippen LogP contribution in [0.1, 0.15) is 39.5 Å². The van der Waals surface area contributed by atoms with E-state index in [1.165, 1.54) is 6.42 Å². The first-order valence-electron chi connectivity index (χ1n) is 5.38. The van der Waals surface area contributed by atoms with E-state index in [0.29, 0.717) is 11.3 Å². The molecule has 0 spiro atoms. The topological polar surface area (TPSA) is 29.1 Å². The van der Waals surface area contributed by atoms with E-state index < -0.39 is 10.8 Å². The Kier molecular flexibility index (Phi) is 4.96. The second kappa shape index (κ2) is 5.76. The summed E-state index contributed by atoms with van der Waals surface area (Å²) in [5.41, 5.74) is 0. The quantitative estimate of drug-likeness (QED) is 0.736. The average Bonchev–Trinajstić information content (AvgIpc) is 2.54. The maximum absolute atomic E-state index is 11.7. The van der Waals surface area contributed by atoms with Crippen LogP contribution < -0.4 is 5.32 Å². The highest BCUT2D eigenvalue weighted by Gasteiger charge is 2.27. The maximum Gasteiger partial charge on any atom is 0.0363 e. The van der Waals surface area contributed by atoms with Gasteiger partial charge in [0.2, 0.25) is 0 Å². The Morgan fingerprint density at radius 3 is 2.77 bits per heavy atom. The molecule has 1 aliphatic carbocycles. The molecule has 0 aliphatic heterocycles. The van der Waals surface area contributed by atoms with Crippen molar-refractivity contribution in [3.05, 3.63) is 0 Å². The molecule has 0 amide bonds. The SMILES string of the molecule is CCCS(=O)C1CCC(NCC)C1. The summed E-state index contributed by atoms with van der Waals surface area (Å²) < 4.78 is 11.7. The third kappa shape index (κ3) is 3.39. The molecule has 0 heterocycles. The Hall–Kier alpha value is 0.110. The van der Waals surface area contributed by atoms with Crippen LogP contribution in [0.4, 0.5) is 0 Å². The zero-order valence-electron chi connectivity index (χ0n) is 8.71. The Labute approximate surface area is 83.9 Å². The van der Waals surface area contributed by atoms with Crippen molar-refractivity contribution in [2.75, 3.05) is 12.3 Å². The van der Waals surface area contributed by atoms with E-state index in [1.807, 2.05) is 0 Å². The van der Waals surface area contributed by atoms with Gasteiger partial charge in [-0.3, -0.25) is 4.21 Å². The molecule has 1 fully saturated rings. The fourth-order valence-corrected chi connectivity index (χ4v) is 3.60. The highest BCUT2D eigenvalue weighted by Crippen LogP contribution is 2.24. The maximum atomic E-state index is 11.7. The number of nitrogens with one attached hydrogen (secondary N) is 1. The van der Waals surface area contributed by atoms with Crippen LogP contribution in [-0.4, -0.2) is 27.8 Å². The summed E-state index contributed by atoms with van der Waals surface area (Å²) >= 11 is 0. The minimum atomic E-state index is -0.560. The second-order valence-electron chi connectivity index (χ2n) is 3.77. The second-order valence-corrected chi connectivity index (χ2v) is 5.61. The first-order valence-corrected chi connectivity index (χ1v) is 6.76. The summed E-state index contributed by atoms with van der Waals surface area (Å²) in [5, 5.41) is 3.91. The van der Waals surface area contributed by atoms with Gasteiger partial charge in [-0.15, -0.1) is 0 Å². The summed E-state index contributed by atoms with van der Waals surface area (Å²) in [6.45, 7) is 5.28. The van der Waals surface area contributed by atoms with Gasteiger partial charge in [0.05, 0.1) is 0 Å². The fraction of sp³-hybridized carbons (Fsp3) is 1.00. The van der Waals surface area contributed by atoms with Crippen LogP contribution in [0.5, 0.6) is 0 Å². The van der Waals surface area contributed by atoms with Crippen LogP contribution in [0.2, 0.25) is 0 Å². The molecule has 0 saturated heterocycles. The van der Waals surface area contributed by atoms with Crippen LogP contribution in [0, 0.1) is 0 Å². The van der Waals surface area contributed by atoms with Crippen molar-refractivity contribution in [3.63, 3.8) is 0 Å². The summed E-state index contributed by atoms with van der Waals surface area (Å²) in [7, 11) is -0.560. The average molecular weight is 203 g/mol. The predicted octanol–water partition coefficient (Wildman–Crippen LogP) is 1.68. The molecule has 1 rings (SSSR count). The zero-order valence-corrected chi connectivity index (χ0v) is 9.53. The van der Waals surface area contributed by atoms with Gasteiger partial charge in [0.25, 0.3) is 0 Å². The van der Waals surface area contributed by atoms with Crippen molar-refractivity contribution in [2.45, 2.75) is 50.8 Å². The first kappa shape index (κ1) is 11.2. The van der Waals surface area contributed by atoms with E-state index >= 15 is 0 Å². The molecule has 0 bridgehead atoms. The van der Waals surface area contributed by atoms with Crippen LogP contribution in [0.15, 0.2) is 0 Å². The molecule has 3 unspecified atom stereocenters. The lowest BCUT2D eigenvalue weighted by Crippen LogP contribution is -2.27. The summed E-state index contributed by atoms with van der Waals surface area (Å²) in [6, 6.07) is 0.635. The molecule has 78 valence electrons. The Balaban J connectivity index is 2.27. The molecular formula is C10H21NOS. The Morgan fingerprint density at radius 1 is 1.38 bits per heavy atom. The number of rotatable bonds is 5. The minimum absolute atomic E-state index is 0.476. The van der Waals surface area contributed by atoms with Gasteiger partial charge in [-0.2, -0.15) is 0 Å². The van der Waals surface area contributed by atoms with Crippen molar-refractivity contribution >= 4 is 10.8 Å². The van der Waals surface area contributed by atoms with Crippen molar-refractivity contribution in [2.24, 2.45) is 0 Å². The van der Waals surface area contributed by atoms with Gasteiger partial charge in [-0.1, -0.05) is 13.8 Å². The fourth-order valence-electron chi connectivity index (χ4n) is 2.02. The predicted molar refractivity (Wildman–Crippen MR) is 58.4 cm³/mol. The van der Waals surface area contributed by atoms with E-state index in [2.05, 4.69) is 19.2 Å². The highest BCUT2D eigenvalue weighted by molar-refractivity contribution is 7.85. The molecule has 0 aromatic rings. The first-order chi connectivity index (χ1) is 6.27. The third-order valence-electron chi connectivity index (χ3n) is 2.65. The van der Waals surface area contributed by atoms with Crippen LogP contribution in [0.3, 0.4) is 0 Å². The van der Waals surface area contributed by atoms with E-state index in [4.69, 9.17) is 0 Å². The van der Waals surface area contributed by atoms with Crippen LogP contribution in [-0.2, 0) is 10.8 Å². The summed E-state index contributed by atoms with van der Waals surface area (Å²) in [6.07, 6.45) is 4.55. The number of hydrogen-bond donors (Lipinski definition) is 1. The zero-order chi connectivity index (χ0) is 9.68. The molecule has 1 N–H and O–H groups in total. The van der Waals surface area contributed by atoms with E-state index in [-0.39, 0.29) is 0 Å². The van der Waals surface area contributed by atoms with Gasteiger partial charge in [0.1, 0.15) is 0 Å². The molecule has 2 nitrogen and oxygen atoms in total. The lowest BCUT2D eigenvalue weighted by atomic mass is 10.2. The monoisotopic (exact) mass is 203 g/mol. The van der Waals surface area contributed by atoms with Crippen molar-refractivity contribution in [3.8, 4) is 0 Å². The van der Waals surface area contributed by atoms with Crippen LogP contribution in [0.25, 0.3) is 0 Å². The third-order valence-corrected chi connectivity index (χ3v) is 4.64. The molecule has 0 aromatic heterocycles. The standard InChI is InChI=1S/C10H21NOS/c1-3-7-13(12)10-6-5-9(8-10)11-4-2/h9-11H,3-8H2,1-2H3. The number of hydrogen-bond acceptors (Lipinski definition) is 2. The summed E-state index contributed by atoms with van der Waals surface area (Å²) in [5.74, 6) is 0.892. The van der Waals surface area contributed by atoms with Crippen molar-refractivity contribution in [1.82, 2.24) is 5.32 Å². The molecule has 0 radical (unpaired) electrons. The molecule has 1 saturated carbocycles. The lowest BCUT2D eigenvalue weighted by molar-refractivity contribution is 0.542. The Morgan fingerprint density at radius 2 is 2.15 bits per heavy atom. The highest BCUT2D eigenvalue weighted by atomic mass is 32.2. The minimum Gasteiger partial charge on any atom is -0.314 e. The summed E-state index contributed by atoms with van der Waals surface area (Å²) in [4.78, 5) is 0. The normalized spacial score (nSPS) is 30.6. The molecule has 3 heteroatoms. The van der Waals surface area contributed by atoms with Crippen molar-refractivity contribution in [1.29, 1.82) is 0 Å². The molecule has 3 atom stereocenters. The molecule has 13 heavy (non-hydrogen) atoms. The molecular weight excluding hydrogens is 182 g/mol. The van der Waals surface area contributed by atoms with Gasteiger partial charge >= 0.3 is 0 Å². The Bertz CT molecular complexity index is 172. The smallest absolute Gasteiger partial charge is 0.0363 e. The molecule has 1 aliphatic rings. The van der Waals surface area contributed by atoms with Crippen molar-refractivity contribution < 1.29 is 4.21 Å². The van der Waals surface area contributed by atoms with Gasteiger partial charge in [0.15, 0.2) is 0 Å². The largest absolute Gasteiger partial charge is 0.314 e.